The lowest BCUT2D eigenvalue weighted by Crippen LogP contribution is -2.52. The van der Waals surface area contributed by atoms with Crippen molar-refractivity contribution in [3.05, 3.63) is 0 Å². The Bertz CT molecular complexity index is 138. The van der Waals surface area contributed by atoms with Crippen LogP contribution < -0.4 is 5.73 Å². The Morgan fingerprint density at radius 2 is 1.82 bits per heavy atom. The zero-order valence-corrected chi connectivity index (χ0v) is 8.35. The first kappa shape index (κ1) is 9.05. The van der Waals surface area contributed by atoms with Gasteiger partial charge in [-0.15, -0.1) is 0 Å². The van der Waals surface area contributed by atoms with Crippen molar-refractivity contribution in [3.8, 4) is 0 Å². The number of quaternary nitrogens is 1. The van der Waals surface area contributed by atoms with Crippen LogP contribution in [-0.2, 0) is 0 Å². The fourth-order valence-corrected chi connectivity index (χ4v) is 2.41. The van der Waals surface area contributed by atoms with E-state index in [0.717, 1.165) is 24.3 Å². The van der Waals surface area contributed by atoms with E-state index in [-0.39, 0.29) is 0 Å². The molecule has 1 heteroatoms. The largest absolute Gasteiger partial charge is 0.357 e. The van der Waals surface area contributed by atoms with Gasteiger partial charge >= 0.3 is 0 Å². The summed E-state index contributed by atoms with van der Waals surface area (Å²) in [7, 11) is 0. The Labute approximate surface area is 70.4 Å². The van der Waals surface area contributed by atoms with Crippen LogP contribution in [0.25, 0.3) is 0 Å². The van der Waals surface area contributed by atoms with E-state index in [4.69, 9.17) is 0 Å². The molecule has 66 valence electrons. The van der Waals surface area contributed by atoms with Gasteiger partial charge in [0.15, 0.2) is 0 Å². The third kappa shape index (κ3) is 1.58. The molecule has 1 rings (SSSR count). The molecular formula is C10H22N+. The van der Waals surface area contributed by atoms with E-state index in [1.54, 1.807) is 0 Å². The molecule has 0 radical (unpaired) electrons. The maximum atomic E-state index is 4.00. The third-order valence-electron chi connectivity index (χ3n) is 3.32. The van der Waals surface area contributed by atoms with Crippen LogP contribution in [0, 0.1) is 23.2 Å². The van der Waals surface area contributed by atoms with E-state index in [1.165, 1.54) is 6.42 Å². The lowest BCUT2D eigenvalue weighted by Gasteiger charge is -2.04. The van der Waals surface area contributed by atoms with E-state index in [0.29, 0.717) is 5.41 Å². The highest BCUT2D eigenvalue weighted by atomic mass is 14.7. The van der Waals surface area contributed by atoms with Gasteiger partial charge in [0.2, 0.25) is 0 Å². The van der Waals surface area contributed by atoms with Crippen LogP contribution in [0.2, 0.25) is 0 Å². The minimum Gasteiger partial charge on any atom is -0.357 e. The Morgan fingerprint density at radius 1 is 1.27 bits per heavy atom. The zero-order chi connectivity index (χ0) is 8.65. The quantitative estimate of drug-likeness (QED) is 0.642. The molecule has 11 heavy (non-hydrogen) atoms. The van der Waals surface area contributed by atoms with E-state index >= 15 is 0 Å². The molecule has 1 aliphatic carbocycles. The first-order chi connectivity index (χ1) is 5.00. The zero-order valence-electron chi connectivity index (χ0n) is 8.35. The van der Waals surface area contributed by atoms with Crippen LogP contribution in [0.4, 0.5) is 0 Å². The second kappa shape index (κ2) is 2.78. The molecule has 2 atom stereocenters. The van der Waals surface area contributed by atoms with Gasteiger partial charge < -0.3 is 5.73 Å². The van der Waals surface area contributed by atoms with Gasteiger partial charge in [0.1, 0.15) is 0 Å². The summed E-state index contributed by atoms with van der Waals surface area (Å²) in [4.78, 5) is 0. The smallest absolute Gasteiger partial charge is 0.0776 e. The predicted molar refractivity (Wildman–Crippen MR) is 48.0 cm³/mol. The lowest BCUT2D eigenvalue weighted by molar-refractivity contribution is -0.374. The summed E-state index contributed by atoms with van der Waals surface area (Å²) >= 11 is 0. The molecular weight excluding hydrogens is 134 g/mol. The molecule has 0 saturated heterocycles. The lowest BCUT2D eigenvalue weighted by atomic mass is 10.0. The molecule has 0 spiro atoms. The molecule has 1 fully saturated rings. The Balaban J connectivity index is 2.39. The maximum absolute atomic E-state index is 4.00. The summed E-state index contributed by atoms with van der Waals surface area (Å²) in [6.07, 6.45) is 1.40. The summed E-state index contributed by atoms with van der Waals surface area (Å²) < 4.78 is 0. The van der Waals surface area contributed by atoms with Gasteiger partial charge in [-0.2, -0.15) is 0 Å². The molecule has 3 N–H and O–H groups in total. The summed E-state index contributed by atoms with van der Waals surface area (Å²) in [6.45, 7) is 10.5. The summed E-state index contributed by atoms with van der Waals surface area (Å²) in [6, 6.07) is 0. The highest BCUT2D eigenvalue weighted by Gasteiger charge is 2.57. The Kier molecular flexibility index (Phi) is 2.29. The van der Waals surface area contributed by atoms with Crippen molar-refractivity contribution in [3.63, 3.8) is 0 Å². The standard InChI is InChI=1S/C10H21N/c1-7(2)5-8-9(6-11)10(8,3)4/h7-9H,5-6,11H2,1-4H3/p+1/t8-,9-/m0/s1. The first-order valence-corrected chi connectivity index (χ1v) is 4.79. The minimum absolute atomic E-state index is 0.603. The van der Waals surface area contributed by atoms with Gasteiger partial charge in [-0.25, -0.2) is 0 Å². The van der Waals surface area contributed by atoms with Crippen molar-refractivity contribution in [2.75, 3.05) is 6.54 Å². The topological polar surface area (TPSA) is 27.6 Å². The van der Waals surface area contributed by atoms with Gasteiger partial charge in [-0.05, 0) is 23.7 Å². The Hall–Kier alpha value is -0.0400. The van der Waals surface area contributed by atoms with Crippen LogP contribution in [0.3, 0.4) is 0 Å². The van der Waals surface area contributed by atoms with Gasteiger partial charge in [-0.3, -0.25) is 0 Å². The SMILES string of the molecule is CC(C)C[C@H]1[C@H](C[NH3+])C1(C)C. The second-order valence-corrected chi connectivity index (χ2v) is 4.95. The molecule has 1 nitrogen and oxygen atoms in total. The van der Waals surface area contributed by atoms with E-state index in [2.05, 4.69) is 33.4 Å². The van der Waals surface area contributed by atoms with E-state index in [9.17, 15) is 0 Å². The van der Waals surface area contributed by atoms with Crippen molar-refractivity contribution >= 4 is 0 Å². The highest BCUT2D eigenvalue weighted by molar-refractivity contribution is 5.04. The van der Waals surface area contributed by atoms with Gasteiger partial charge in [0.05, 0.1) is 6.54 Å². The van der Waals surface area contributed by atoms with Gasteiger partial charge in [-0.1, -0.05) is 27.7 Å². The molecule has 1 aliphatic rings. The third-order valence-corrected chi connectivity index (χ3v) is 3.32. The predicted octanol–water partition coefficient (Wildman–Crippen LogP) is 1.55. The average molecular weight is 156 g/mol. The molecule has 0 unspecified atom stereocenters. The van der Waals surface area contributed by atoms with E-state index in [1.807, 2.05) is 0 Å². The van der Waals surface area contributed by atoms with Crippen molar-refractivity contribution in [2.45, 2.75) is 34.1 Å². The van der Waals surface area contributed by atoms with Crippen molar-refractivity contribution < 1.29 is 5.73 Å². The number of rotatable bonds is 3. The summed E-state index contributed by atoms with van der Waals surface area (Å²) in [5, 5.41) is 0. The molecule has 0 amide bonds. The molecule has 0 bridgehead atoms. The summed E-state index contributed by atoms with van der Waals surface area (Å²) in [5.41, 5.74) is 4.60. The normalized spacial score (nSPS) is 34.4. The van der Waals surface area contributed by atoms with Crippen molar-refractivity contribution in [2.24, 2.45) is 23.2 Å². The van der Waals surface area contributed by atoms with Crippen LogP contribution in [0.5, 0.6) is 0 Å². The summed E-state index contributed by atoms with van der Waals surface area (Å²) in [5.74, 6) is 2.72. The molecule has 0 aromatic rings. The fraction of sp³-hybridized carbons (Fsp3) is 1.00. The first-order valence-electron chi connectivity index (χ1n) is 4.79. The van der Waals surface area contributed by atoms with Crippen LogP contribution in [-0.4, -0.2) is 6.54 Å². The highest BCUT2D eigenvalue weighted by Crippen LogP contribution is 2.59. The van der Waals surface area contributed by atoms with Crippen molar-refractivity contribution in [1.29, 1.82) is 0 Å². The van der Waals surface area contributed by atoms with E-state index < -0.39 is 0 Å². The number of hydrogen-bond donors (Lipinski definition) is 1. The Morgan fingerprint density at radius 3 is 2.09 bits per heavy atom. The molecule has 0 heterocycles. The van der Waals surface area contributed by atoms with Crippen LogP contribution in [0.1, 0.15) is 34.1 Å². The molecule has 1 saturated carbocycles. The van der Waals surface area contributed by atoms with Gasteiger partial charge in [0, 0.05) is 5.92 Å². The monoisotopic (exact) mass is 156 g/mol. The maximum Gasteiger partial charge on any atom is 0.0776 e. The fourth-order valence-electron chi connectivity index (χ4n) is 2.41. The van der Waals surface area contributed by atoms with Crippen LogP contribution in [0.15, 0.2) is 0 Å². The van der Waals surface area contributed by atoms with Crippen LogP contribution >= 0.6 is 0 Å². The molecule has 0 aromatic heterocycles. The van der Waals surface area contributed by atoms with Gasteiger partial charge in [0.25, 0.3) is 0 Å². The minimum atomic E-state index is 0.603. The number of hydrogen-bond acceptors (Lipinski definition) is 0. The second-order valence-electron chi connectivity index (χ2n) is 4.95. The molecule has 0 aliphatic heterocycles. The van der Waals surface area contributed by atoms with Crippen molar-refractivity contribution in [1.82, 2.24) is 0 Å². The molecule has 0 aromatic carbocycles. The average Bonchev–Trinajstić information content (AvgIpc) is 2.33.